The first kappa shape index (κ1) is 22.8. The molecule has 2 amide bonds. The molecule has 2 saturated heterocycles. The molecule has 8 nitrogen and oxygen atoms in total. The van der Waals surface area contributed by atoms with Crippen LogP contribution in [0.5, 0.6) is 0 Å². The highest BCUT2D eigenvalue weighted by molar-refractivity contribution is 7.15. The fourth-order valence-electron chi connectivity index (χ4n) is 3.89. The number of rotatable bonds is 3. The molecule has 2 aliphatic rings. The Balaban J connectivity index is 1.52. The molecule has 0 saturated carbocycles. The van der Waals surface area contributed by atoms with Gasteiger partial charge in [-0.2, -0.15) is 0 Å². The molecule has 0 aromatic carbocycles. The first-order valence-corrected chi connectivity index (χ1v) is 11.5. The van der Waals surface area contributed by atoms with Crippen molar-refractivity contribution in [2.75, 3.05) is 57.3 Å². The number of carbonyl (C=O) groups excluding carboxylic acids is 2. The van der Waals surface area contributed by atoms with Gasteiger partial charge >= 0.3 is 6.09 Å². The van der Waals surface area contributed by atoms with E-state index in [0.717, 1.165) is 18.2 Å². The Morgan fingerprint density at radius 2 is 1.50 bits per heavy atom. The van der Waals surface area contributed by atoms with Crippen LogP contribution in [-0.4, -0.2) is 95.2 Å². The number of hydrogen-bond acceptors (Lipinski definition) is 7. The molecule has 0 aliphatic carbocycles. The van der Waals surface area contributed by atoms with Crippen molar-refractivity contribution in [3.8, 4) is 0 Å². The second kappa shape index (κ2) is 8.70. The summed E-state index contributed by atoms with van der Waals surface area (Å²) in [4.78, 5) is 39.4. The highest BCUT2D eigenvalue weighted by Gasteiger charge is 2.40. The minimum Gasteiger partial charge on any atom is -0.444 e. The van der Waals surface area contributed by atoms with Gasteiger partial charge in [0.1, 0.15) is 5.60 Å². The summed E-state index contributed by atoms with van der Waals surface area (Å²) in [5.74, 6) is 0.156. The van der Waals surface area contributed by atoms with Gasteiger partial charge in [-0.1, -0.05) is 0 Å². The van der Waals surface area contributed by atoms with Crippen molar-refractivity contribution in [3.05, 3.63) is 11.1 Å². The first-order chi connectivity index (χ1) is 14.0. The number of anilines is 1. The van der Waals surface area contributed by atoms with Crippen LogP contribution in [0.4, 0.5) is 9.93 Å². The van der Waals surface area contributed by atoms with Crippen LogP contribution >= 0.6 is 11.3 Å². The van der Waals surface area contributed by atoms with Crippen LogP contribution in [0.3, 0.4) is 0 Å². The van der Waals surface area contributed by atoms with Crippen molar-refractivity contribution in [2.24, 2.45) is 0 Å². The zero-order valence-electron chi connectivity index (χ0n) is 19.1. The molecule has 30 heavy (non-hydrogen) atoms. The van der Waals surface area contributed by atoms with Crippen LogP contribution in [-0.2, 0) is 9.53 Å². The van der Waals surface area contributed by atoms with Crippen molar-refractivity contribution < 1.29 is 14.3 Å². The average molecular weight is 438 g/mol. The predicted octanol–water partition coefficient (Wildman–Crippen LogP) is 2.43. The Morgan fingerprint density at radius 3 is 2.00 bits per heavy atom. The fraction of sp³-hybridized carbons (Fsp3) is 0.762. The van der Waals surface area contributed by atoms with Crippen molar-refractivity contribution in [1.29, 1.82) is 0 Å². The van der Waals surface area contributed by atoms with Gasteiger partial charge in [0.2, 0.25) is 5.91 Å². The minimum absolute atomic E-state index is 0.156. The Morgan fingerprint density at radius 1 is 0.933 bits per heavy atom. The van der Waals surface area contributed by atoms with Crippen molar-refractivity contribution in [2.45, 2.75) is 52.7 Å². The molecular formula is C21H35N5O3S. The van der Waals surface area contributed by atoms with Gasteiger partial charge < -0.3 is 19.4 Å². The van der Waals surface area contributed by atoms with Gasteiger partial charge in [0, 0.05) is 63.4 Å². The molecule has 0 unspecified atom stereocenters. The third-order valence-corrected chi connectivity index (χ3v) is 6.67. The maximum atomic E-state index is 13.3. The summed E-state index contributed by atoms with van der Waals surface area (Å²) in [6.45, 7) is 17.2. The molecule has 0 atom stereocenters. The second-order valence-corrected chi connectivity index (χ2v) is 10.8. The van der Waals surface area contributed by atoms with E-state index in [2.05, 4.69) is 21.7 Å². The van der Waals surface area contributed by atoms with E-state index in [4.69, 9.17) is 4.74 Å². The molecule has 1 aromatic rings. The summed E-state index contributed by atoms with van der Waals surface area (Å²) in [6, 6.07) is 0. The van der Waals surface area contributed by atoms with Gasteiger partial charge in [0.25, 0.3) is 0 Å². The summed E-state index contributed by atoms with van der Waals surface area (Å²) in [6.07, 6.45) is 1.62. The molecule has 3 rings (SSSR count). The average Bonchev–Trinajstić information content (AvgIpc) is 3.12. The third-order valence-electron chi connectivity index (χ3n) is 5.69. The Kier molecular flexibility index (Phi) is 6.62. The first-order valence-electron chi connectivity index (χ1n) is 10.7. The molecule has 2 aliphatic heterocycles. The Hall–Kier alpha value is -1.87. The smallest absolute Gasteiger partial charge is 0.410 e. The van der Waals surface area contributed by atoms with E-state index >= 15 is 0 Å². The number of aryl methyl sites for hydroxylation is 1. The molecule has 0 radical (unpaired) electrons. The number of piperazine rings is 2. The van der Waals surface area contributed by atoms with Crippen LogP contribution in [0.15, 0.2) is 6.20 Å². The van der Waals surface area contributed by atoms with Gasteiger partial charge in [0.05, 0.1) is 5.54 Å². The van der Waals surface area contributed by atoms with Crippen LogP contribution in [0.2, 0.25) is 0 Å². The SMILES string of the molecule is Cc1cnc(N2CCN(C(=O)C(C)(C)N3CCN(C(=O)OC(C)(C)C)CC3)CC2)s1. The van der Waals surface area contributed by atoms with E-state index in [0.29, 0.717) is 39.3 Å². The maximum absolute atomic E-state index is 13.3. The standard InChI is InChI=1S/C21H35N5O3S/c1-16-15-22-18(30-16)24-9-7-23(8-10-24)17(27)21(5,6)26-13-11-25(12-14-26)19(28)29-20(2,3)4/h15H,7-14H2,1-6H3. The van der Waals surface area contributed by atoms with E-state index in [1.807, 2.05) is 45.7 Å². The summed E-state index contributed by atoms with van der Waals surface area (Å²) < 4.78 is 5.47. The lowest BCUT2D eigenvalue weighted by molar-refractivity contribution is -0.144. The zero-order chi connectivity index (χ0) is 22.1. The van der Waals surface area contributed by atoms with E-state index in [-0.39, 0.29) is 12.0 Å². The van der Waals surface area contributed by atoms with Crippen LogP contribution in [0.25, 0.3) is 0 Å². The number of nitrogens with zero attached hydrogens (tertiary/aromatic N) is 5. The van der Waals surface area contributed by atoms with Crippen molar-refractivity contribution in [1.82, 2.24) is 19.7 Å². The lowest BCUT2D eigenvalue weighted by Gasteiger charge is -2.46. The number of ether oxygens (including phenoxy) is 1. The molecule has 3 heterocycles. The summed E-state index contributed by atoms with van der Waals surface area (Å²) in [5.41, 5.74) is -1.09. The quantitative estimate of drug-likeness (QED) is 0.723. The van der Waals surface area contributed by atoms with Gasteiger partial charge in [0.15, 0.2) is 5.13 Å². The van der Waals surface area contributed by atoms with E-state index < -0.39 is 11.1 Å². The van der Waals surface area contributed by atoms with Crippen molar-refractivity contribution in [3.63, 3.8) is 0 Å². The van der Waals surface area contributed by atoms with Gasteiger partial charge in [-0.3, -0.25) is 9.69 Å². The Bertz CT molecular complexity index is 757. The minimum atomic E-state index is -0.597. The fourth-order valence-corrected chi connectivity index (χ4v) is 4.70. The monoisotopic (exact) mass is 437 g/mol. The molecule has 0 bridgehead atoms. The molecular weight excluding hydrogens is 402 g/mol. The van der Waals surface area contributed by atoms with Crippen molar-refractivity contribution >= 4 is 28.5 Å². The van der Waals surface area contributed by atoms with Crippen LogP contribution in [0.1, 0.15) is 39.5 Å². The number of carbonyl (C=O) groups is 2. The Labute approximate surface area is 183 Å². The summed E-state index contributed by atoms with van der Waals surface area (Å²) in [7, 11) is 0. The number of thiazole rings is 1. The van der Waals surface area contributed by atoms with Crippen LogP contribution < -0.4 is 4.90 Å². The molecule has 168 valence electrons. The molecule has 1 aromatic heterocycles. The topological polar surface area (TPSA) is 69.2 Å². The largest absolute Gasteiger partial charge is 0.444 e. The second-order valence-electron chi connectivity index (χ2n) is 9.55. The van der Waals surface area contributed by atoms with Gasteiger partial charge in [-0.15, -0.1) is 11.3 Å². The van der Waals surface area contributed by atoms with Gasteiger partial charge in [-0.25, -0.2) is 9.78 Å². The highest BCUT2D eigenvalue weighted by Crippen LogP contribution is 2.25. The third kappa shape index (κ3) is 5.24. The summed E-state index contributed by atoms with van der Waals surface area (Å²) >= 11 is 1.70. The predicted molar refractivity (Wildman–Crippen MR) is 119 cm³/mol. The highest BCUT2D eigenvalue weighted by atomic mass is 32.1. The number of amides is 2. The van der Waals surface area contributed by atoms with Gasteiger partial charge in [-0.05, 0) is 41.5 Å². The zero-order valence-corrected chi connectivity index (χ0v) is 19.9. The lowest BCUT2D eigenvalue weighted by Crippen LogP contribution is -2.63. The van der Waals surface area contributed by atoms with E-state index in [9.17, 15) is 9.59 Å². The van der Waals surface area contributed by atoms with Crippen LogP contribution in [0, 0.1) is 6.92 Å². The molecule has 0 N–H and O–H groups in total. The van der Waals surface area contributed by atoms with E-state index in [1.54, 1.807) is 16.2 Å². The maximum Gasteiger partial charge on any atom is 0.410 e. The number of aromatic nitrogens is 1. The normalized spacial score (nSPS) is 19.2. The molecule has 9 heteroatoms. The summed E-state index contributed by atoms with van der Waals surface area (Å²) in [5, 5.41) is 1.04. The number of hydrogen-bond donors (Lipinski definition) is 0. The molecule has 2 fully saturated rings. The lowest BCUT2D eigenvalue weighted by atomic mass is 9.98. The molecule has 0 spiro atoms. The van der Waals surface area contributed by atoms with E-state index in [1.165, 1.54) is 4.88 Å².